The Morgan fingerprint density at radius 2 is 2.00 bits per heavy atom. The van der Waals surface area contributed by atoms with Crippen molar-refractivity contribution in [2.24, 2.45) is 0 Å². The summed E-state index contributed by atoms with van der Waals surface area (Å²) >= 11 is 0. The lowest BCUT2D eigenvalue weighted by atomic mass is 9.97. The number of rotatable bonds is 7. The summed E-state index contributed by atoms with van der Waals surface area (Å²) in [6, 6.07) is 5.92. The van der Waals surface area contributed by atoms with Gasteiger partial charge in [0.1, 0.15) is 18.0 Å². The maximum Gasteiger partial charge on any atom is 0.131 e. The van der Waals surface area contributed by atoms with Crippen LogP contribution in [0.2, 0.25) is 0 Å². The van der Waals surface area contributed by atoms with Crippen LogP contribution in [0.25, 0.3) is 0 Å². The fourth-order valence-corrected chi connectivity index (χ4v) is 2.73. The van der Waals surface area contributed by atoms with Crippen LogP contribution in [0.15, 0.2) is 48.6 Å². The van der Waals surface area contributed by atoms with Crippen LogP contribution < -0.4 is 10.6 Å². The molecule has 120 valence electrons. The largest absolute Gasteiger partial charge is 0.370 e. The lowest BCUT2D eigenvalue weighted by molar-refractivity contribution is 0.679. The first-order valence-electron chi connectivity index (χ1n) is 8.27. The highest BCUT2D eigenvalue weighted by atomic mass is 15.1. The van der Waals surface area contributed by atoms with Gasteiger partial charge in [-0.3, -0.25) is 4.98 Å². The maximum absolute atomic E-state index is 4.28. The normalized spacial score (nSPS) is 14.2. The number of nitrogens with one attached hydrogen (secondary N) is 2. The van der Waals surface area contributed by atoms with Gasteiger partial charge in [-0.2, -0.15) is 0 Å². The van der Waals surface area contributed by atoms with Crippen LogP contribution in [-0.4, -0.2) is 21.5 Å². The van der Waals surface area contributed by atoms with E-state index in [1.165, 1.54) is 25.7 Å². The third-order valence-electron chi connectivity index (χ3n) is 4.00. The minimum atomic E-state index is 0.706. The van der Waals surface area contributed by atoms with Crippen LogP contribution in [0.5, 0.6) is 0 Å². The van der Waals surface area contributed by atoms with Gasteiger partial charge in [-0.05, 0) is 43.7 Å². The molecule has 0 aliphatic heterocycles. The van der Waals surface area contributed by atoms with Gasteiger partial charge in [0.05, 0.1) is 0 Å². The van der Waals surface area contributed by atoms with Gasteiger partial charge in [-0.15, -0.1) is 0 Å². The minimum absolute atomic E-state index is 0.706. The molecule has 0 radical (unpaired) electrons. The van der Waals surface area contributed by atoms with Gasteiger partial charge in [-0.25, -0.2) is 9.97 Å². The van der Waals surface area contributed by atoms with Gasteiger partial charge < -0.3 is 10.6 Å². The molecule has 23 heavy (non-hydrogen) atoms. The van der Waals surface area contributed by atoms with Crippen molar-refractivity contribution in [1.82, 2.24) is 15.0 Å². The van der Waals surface area contributed by atoms with Crippen LogP contribution in [0.1, 0.15) is 37.7 Å². The van der Waals surface area contributed by atoms with Crippen molar-refractivity contribution in [2.45, 2.75) is 38.6 Å². The molecule has 1 aliphatic carbocycles. The van der Waals surface area contributed by atoms with Crippen molar-refractivity contribution in [1.29, 1.82) is 0 Å². The van der Waals surface area contributed by atoms with E-state index in [-0.39, 0.29) is 0 Å². The van der Waals surface area contributed by atoms with Crippen molar-refractivity contribution in [3.63, 3.8) is 0 Å². The van der Waals surface area contributed by atoms with Gasteiger partial charge in [0, 0.05) is 31.5 Å². The lowest BCUT2D eigenvalue weighted by Gasteiger charge is -2.13. The van der Waals surface area contributed by atoms with Crippen molar-refractivity contribution in [2.75, 3.05) is 17.2 Å². The number of hydrogen-bond acceptors (Lipinski definition) is 5. The highest BCUT2D eigenvalue weighted by Gasteiger charge is 2.04. The van der Waals surface area contributed by atoms with E-state index in [2.05, 4.69) is 31.7 Å². The van der Waals surface area contributed by atoms with Gasteiger partial charge in [-0.1, -0.05) is 17.7 Å². The van der Waals surface area contributed by atoms with Gasteiger partial charge in [0.15, 0.2) is 0 Å². The highest BCUT2D eigenvalue weighted by molar-refractivity contribution is 5.46. The van der Waals surface area contributed by atoms with Crippen molar-refractivity contribution in [3.05, 3.63) is 54.1 Å². The van der Waals surface area contributed by atoms with Crippen molar-refractivity contribution in [3.8, 4) is 0 Å². The Balaban J connectivity index is 1.48. The van der Waals surface area contributed by atoms with E-state index < -0.39 is 0 Å². The van der Waals surface area contributed by atoms with Crippen LogP contribution in [-0.2, 0) is 6.54 Å². The summed E-state index contributed by atoms with van der Waals surface area (Å²) in [7, 11) is 0. The number of pyridine rings is 1. The molecule has 0 atom stereocenters. The molecular formula is C18H23N5. The summed E-state index contributed by atoms with van der Waals surface area (Å²) in [5, 5.41) is 6.68. The number of aromatic nitrogens is 3. The fourth-order valence-electron chi connectivity index (χ4n) is 2.73. The lowest BCUT2D eigenvalue weighted by Crippen LogP contribution is -2.07. The quantitative estimate of drug-likeness (QED) is 0.762. The summed E-state index contributed by atoms with van der Waals surface area (Å²) < 4.78 is 0. The molecule has 1 aliphatic rings. The molecule has 0 amide bonds. The number of anilines is 2. The Morgan fingerprint density at radius 3 is 2.78 bits per heavy atom. The zero-order valence-electron chi connectivity index (χ0n) is 13.3. The molecule has 0 unspecified atom stereocenters. The zero-order chi connectivity index (χ0) is 15.7. The number of allylic oxidation sites excluding steroid dienone is 1. The summed E-state index contributed by atoms with van der Waals surface area (Å²) in [6.07, 6.45) is 13.9. The Kier molecular flexibility index (Phi) is 5.56. The Morgan fingerprint density at radius 1 is 1.09 bits per heavy atom. The number of hydrogen-bond donors (Lipinski definition) is 2. The van der Waals surface area contributed by atoms with E-state index in [4.69, 9.17) is 0 Å². The third kappa shape index (κ3) is 5.06. The summed E-state index contributed by atoms with van der Waals surface area (Å²) in [5.74, 6) is 1.69. The standard InChI is InChI=1S/C18H23N5/c1-2-5-15(6-3-1)8-10-20-17-11-18(23-14-22-17)21-13-16-7-4-9-19-12-16/h4-5,7,9,11-12,14H,1-3,6,8,10,13H2,(H2,20,21,22,23). The molecule has 2 aromatic rings. The van der Waals surface area contributed by atoms with E-state index >= 15 is 0 Å². The minimum Gasteiger partial charge on any atom is -0.370 e. The molecule has 2 heterocycles. The van der Waals surface area contributed by atoms with Crippen molar-refractivity contribution >= 4 is 11.6 Å². The first-order chi connectivity index (χ1) is 11.4. The molecule has 0 bridgehead atoms. The first kappa shape index (κ1) is 15.5. The van der Waals surface area contributed by atoms with Gasteiger partial charge in [0.25, 0.3) is 0 Å². The Hall–Kier alpha value is -2.43. The third-order valence-corrected chi connectivity index (χ3v) is 4.00. The SMILES string of the molecule is C1=C(CCNc2cc(NCc3cccnc3)ncn2)CCCC1. The van der Waals surface area contributed by atoms with Crippen LogP contribution >= 0.6 is 0 Å². The first-order valence-corrected chi connectivity index (χ1v) is 8.27. The van der Waals surface area contributed by atoms with E-state index in [1.54, 1.807) is 18.1 Å². The van der Waals surface area contributed by atoms with Crippen LogP contribution in [0.4, 0.5) is 11.6 Å². The molecule has 0 spiro atoms. The van der Waals surface area contributed by atoms with Crippen LogP contribution in [0.3, 0.4) is 0 Å². The summed E-state index contributed by atoms with van der Waals surface area (Å²) in [6.45, 7) is 1.63. The predicted molar refractivity (Wildman–Crippen MR) is 93.3 cm³/mol. The number of nitrogens with zero attached hydrogens (tertiary/aromatic N) is 3. The predicted octanol–water partition coefficient (Wildman–Crippen LogP) is 3.79. The maximum atomic E-state index is 4.28. The average Bonchev–Trinajstić information content (AvgIpc) is 2.62. The van der Waals surface area contributed by atoms with Crippen LogP contribution in [0, 0.1) is 0 Å². The molecule has 3 rings (SSSR count). The van der Waals surface area contributed by atoms with E-state index in [9.17, 15) is 0 Å². The molecule has 0 saturated heterocycles. The summed E-state index contributed by atoms with van der Waals surface area (Å²) in [5.41, 5.74) is 2.71. The molecule has 0 aromatic carbocycles. The monoisotopic (exact) mass is 309 g/mol. The van der Waals surface area contributed by atoms with E-state index in [0.717, 1.165) is 30.2 Å². The Bertz CT molecular complexity index is 639. The molecule has 0 saturated carbocycles. The molecule has 0 fully saturated rings. The van der Waals surface area contributed by atoms with Gasteiger partial charge in [0.2, 0.25) is 0 Å². The van der Waals surface area contributed by atoms with E-state index in [0.29, 0.717) is 6.54 Å². The molecular weight excluding hydrogens is 286 g/mol. The molecule has 5 nitrogen and oxygen atoms in total. The molecule has 2 aromatic heterocycles. The second kappa shape index (κ2) is 8.27. The van der Waals surface area contributed by atoms with E-state index in [1.807, 2.05) is 24.4 Å². The molecule has 2 N–H and O–H groups in total. The second-order valence-electron chi connectivity index (χ2n) is 5.79. The van der Waals surface area contributed by atoms with Gasteiger partial charge >= 0.3 is 0 Å². The zero-order valence-corrected chi connectivity index (χ0v) is 13.3. The van der Waals surface area contributed by atoms with Crippen molar-refractivity contribution < 1.29 is 0 Å². The Labute approximate surface area is 137 Å². The topological polar surface area (TPSA) is 62.7 Å². The fraction of sp³-hybridized carbons (Fsp3) is 0.389. The smallest absolute Gasteiger partial charge is 0.131 e. The second-order valence-corrected chi connectivity index (χ2v) is 5.79. The summed E-state index contributed by atoms with van der Waals surface area (Å²) in [4.78, 5) is 12.7. The average molecular weight is 309 g/mol. The molecule has 5 heteroatoms. The highest BCUT2D eigenvalue weighted by Crippen LogP contribution is 2.20.